The van der Waals surface area contributed by atoms with Crippen molar-refractivity contribution in [3.8, 4) is 0 Å². The molecular weight excluding hydrogens is 355 g/mol. The van der Waals surface area contributed by atoms with Crippen LogP contribution in [-0.2, 0) is 21.0 Å². The molecule has 8 heteroatoms. The SMILES string of the molecule is O=C1CC2CC(C3CC3)C(C1)[NH+]2S(=O)(=O)c1ccc(C(F)(F)F)cc1. The lowest BCUT2D eigenvalue weighted by Gasteiger charge is -2.30. The van der Waals surface area contributed by atoms with Crippen molar-refractivity contribution < 1.29 is 30.7 Å². The van der Waals surface area contributed by atoms with Gasteiger partial charge >= 0.3 is 16.2 Å². The fraction of sp³-hybridized carbons (Fsp3) is 0.588. The Kier molecular flexibility index (Phi) is 3.77. The third-order valence-corrected chi connectivity index (χ3v) is 7.94. The van der Waals surface area contributed by atoms with Gasteiger partial charge in [-0.25, -0.2) is 4.31 Å². The van der Waals surface area contributed by atoms with Crippen LogP contribution in [0.15, 0.2) is 29.2 Å². The van der Waals surface area contributed by atoms with E-state index in [0.29, 0.717) is 10.2 Å². The first kappa shape index (κ1) is 17.0. The molecular formula is C17H19F3NO3S+. The maximum atomic E-state index is 13.1. The highest BCUT2D eigenvalue weighted by atomic mass is 32.2. The van der Waals surface area contributed by atoms with Crippen LogP contribution in [0.1, 0.15) is 37.7 Å². The topological polar surface area (TPSA) is 55.6 Å². The molecule has 1 saturated carbocycles. The highest BCUT2D eigenvalue weighted by Crippen LogP contribution is 2.45. The number of fused-ring (bicyclic) bond motifs is 2. The van der Waals surface area contributed by atoms with Gasteiger partial charge in [-0.05, 0) is 43.0 Å². The largest absolute Gasteiger partial charge is 0.416 e. The van der Waals surface area contributed by atoms with Crippen LogP contribution in [0.25, 0.3) is 0 Å². The molecule has 0 radical (unpaired) electrons. The van der Waals surface area contributed by atoms with Gasteiger partial charge in [0.05, 0.1) is 18.4 Å². The molecule has 0 spiro atoms. The zero-order chi connectivity index (χ0) is 18.0. The van der Waals surface area contributed by atoms with Crippen molar-refractivity contribution >= 4 is 15.8 Å². The summed E-state index contributed by atoms with van der Waals surface area (Å²) in [5, 5.41) is 0. The van der Waals surface area contributed by atoms with Crippen molar-refractivity contribution in [1.29, 1.82) is 0 Å². The molecule has 25 heavy (non-hydrogen) atoms. The molecule has 3 fully saturated rings. The van der Waals surface area contributed by atoms with Gasteiger partial charge in [0.15, 0.2) is 0 Å². The minimum atomic E-state index is -4.50. The van der Waals surface area contributed by atoms with E-state index in [9.17, 15) is 26.4 Å². The second-order valence-electron chi connectivity index (χ2n) is 7.42. The monoisotopic (exact) mass is 374 g/mol. The molecule has 4 rings (SSSR count). The summed E-state index contributed by atoms with van der Waals surface area (Å²) >= 11 is 0. The highest BCUT2D eigenvalue weighted by Gasteiger charge is 2.59. The molecule has 4 atom stereocenters. The molecule has 2 heterocycles. The smallest absolute Gasteiger partial charge is 0.299 e. The minimum absolute atomic E-state index is 0.101. The number of sulfonamides is 1. The Morgan fingerprint density at radius 1 is 1.04 bits per heavy atom. The number of carbonyl (C=O) groups excluding carboxylic acids is 1. The predicted octanol–water partition coefficient (Wildman–Crippen LogP) is 1.81. The molecule has 1 aromatic carbocycles. The molecule has 2 aliphatic heterocycles. The zero-order valence-electron chi connectivity index (χ0n) is 13.4. The van der Waals surface area contributed by atoms with E-state index in [1.165, 1.54) is 0 Å². The quantitative estimate of drug-likeness (QED) is 0.878. The van der Waals surface area contributed by atoms with Crippen molar-refractivity contribution in [1.82, 2.24) is 0 Å². The summed E-state index contributed by atoms with van der Waals surface area (Å²) < 4.78 is 64.7. The van der Waals surface area contributed by atoms with E-state index < -0.39 is 21.8 Å². The van der Waals surface area contributed by atoms with Crippen LogP contribution >= 0.6 is 0 Å². The Hall–Kier alpha value is -1.41. The average molecular weight is 374 g/mol. The van der Waals surface area contributed by atoms with E-state index in [0.717, 1.165) is 43.5 Å². The van der Waals surface area contributed by atoms with Crippen molar-refractivity contribution in [2.45, 2.75) is 55.3 Å². The van der Waals surface area contributed by atoms with Gasteiger partial charge in [-0.1, -0.05) is 0 Å². The van der Waals surface area contributed by atoms with Crippen LogP contribution in [-0.4, -0.2) is 26.3 Å². The van der Waals surface area contributed by atoms with Crippen LogP contribution in [0.3, 0.4) is 0 Å². The maximum Gasteiger partial charge on any atom is 0.416 e. The van der Waals surface area contributed by atoms with Crippen LogP contribution in [0.2, 0.25) is 0 Å². The van der Waals surface area contributed by atoms with Crippen LogP contribution in [0, 0.1) is 11.8 Å². The number of rotatable bonds is 3. The van der Waals surface area contributed by atoms with E-state index in [2.05, 4.69) is 0 Å². The van der Waals surface area contributed by atoms with E-state index in [1.54, 1.807) is 0 Å². The van der Waals surface area contributed by atoms with Gasteiger partial charge in [0, 0.05) is 12.3 Å². The number of hydrogen-bond acceptors (Lipinski definition) is 3. The number of carbonyl (C=O) groups is 1. The van der Waals surface area contributed by atoms with Gasteiger partial charge in [-0.15, -0.1) is 0 Å². The summed E-state index contributed by atoms with van der Waals surface area (Å²) in [7, 11) is -3.83. The molecule has 1 aromatic rings. The third-order valence-electron chi connectivity index (χ3n) is 5.79. The molecule has 1 N–H and O–H groups in total. The lowest BCUT2D eigenvalue weighted by Crippen LogP contribution is -3.19. The number of ketones is 1. The number of halogens is 3. The second-order valence-corrected chi connectivity index (χ2v) is 9.36. The van der Waals surface area contributed by atoms with Crippen molar-refractivity contribution in [3.05, 3.63) is 29.8 Å². The lowest BCUT2D eigenvalue weighted by atomic mass is 9.93. The number of alkyl halides is 3. The van der Waals surface area contributed by atoms with Crippen LogP contribution < -0.4 is 4.31 Å². The number of quaternary nitrogens is 1. The van der Waals surface area contributed by atoms with E-state index in [4.69, 9.17) is 0 Å². The highest BCUT2D eigenvalue weighted by molar-refractivity contribution is 7.85. The first-order valence-corrected chi connectivity index (χ1v) is 9.97. The summed E-state index contributed by atoms with van der Waals surface area (Å²) in [5.41, 5.74) is -0.867. The fourth-order valence-corrected chi connectivity index (χ4v) is 6.63. The molecule has 4 unspecified atom stereocenters. The van der Waals surface area contributed by atoms with Crippen LogP contribution in [0.5, 0.6) is 0 Å². The Balaban J connectivity index is 1.67. The zero-order valence-corrected chi connectivity index (χ0v) is 14.2. The summed E-state index contributed by atoms with van der Waals surface area (Å²) in [6, 6.07) is 3.15. The normalized spacial score (nSPS) is 32.8. The minimum Gasteiger partial charge on any atom is -0.299 e. The van der Waals surface area contributed by atoms with Gasteiger partial charge < -0.3 is 0 Å². The first-order valence-electron chi connectivity index (χ1n) is 8.48. The lowest BCUT2D eigenvalue weighted by molar-refractivity contribution is -0.813. The van der Waals surface area contributed by atoms with Crippen molar-refractivity contribution in [3.63, 3.8) is 0 Å². The number of Topliss-reactive ketones (excluding diaryl/α,β-unsaturated/α-hetero) is 1. The van der Waals surface area contributed by atoms with Gasteiger partial charge in [-0.3, -0.25) is 4.79 Å². The number of hydrogen-bond donors (Lipinski definition) is 1. The summed E-state index contributed by atoms with van der Waals surface area (Å²) in [5.74, 6) is 0.832. The second kappa shape index (κ2) is 5.54. The molecule has 3 aliphatic rings. The summed E-state index contributed by atoms with van der Waals surface area (Å²) in [6.07, 6.45) is -1.12. The predicted molar refractivity (Wildman–Crippen MR) is 82.2 cm³/mol. The van der Waals surface area contributed by atoms with Gasteiger partial charge in [0.1, 0.15) is 22.8 Å². The Morgan fingerprint density at radius 3 is 2.24 bits per heavy atom. The van der Waals surface area contributed by atoms with Gasteiger partial charge in [0.2, 0.25) is 0 Å². The first-order chi connectivity index (χ1) is 11.7. The van der Waals surface area contributed by atoms with E-state index in [1.807, 2.05) is 0 Å². The Morgan fingerprint density at radius 2 is 1.68 bits per heavy atom. The maximum absolute atomic E-state index is 13.1. The summed E-state index contributed by atoms with van der Waals surface area (Å²) in [6.45, 7) is 0. The Bertz CT molecular complexity index is 799. The van der Waals surface area contributed by atoms with E-state index >= 15 is 0 Å². The van der Waals surface area contributed by atoms with Gasteiger partial charge in [0.25, 0.3) is 0 Å². The number of nitrogens with one attached hydrogen (secondary N) is 1. The molecule has 0 aromatic heterocycles. The molecule has 4 nitrogen and oxygen atoms in total. The Labute approximate surface area is 144 Å². The molecule has 1 aliphatic carbocycles. The number of piperidine rings is 1. The standard InChI is InChI=1S/C17H18F3NO3S/c18-17(19,20)11-3-5-14(6-4-11)25(23,24)21-12-7-13(22)9-16(21)15(8-12)10-1-2-10/h3-6,10,12,15-16H,1-2,7-9H2/p+1. The molecule has 2 saturated heterocycles. The van der Waals surface area contributed by atoms with E-state index in [-0.39, 0.29) is 41.5 Å². The van der Waals surface area contributed by atoms with Crippen molar-refractivity contribution in [2.24, 2.45) is 11.8 Å². The van der Waals surface area contributed by atoms with Crippen LogP contribution in [0.4, 0.5) is 13.2 Å². The fourth-order valence-electron chi connectivity index (χ4n) is 4.59. The third kappa shape index (κ3) is 2.89. The average Bonchev–Trinajstić information content (AvgIpc) is 3.32. The summed E-state index contributed by atoms with van der Waals surface area (Å²) in [4.78, 5) is 11.8. The molecule has 136 valence electrons. The molecule has 0 amide bonds. The molecule has 2 bridgehead atoms. The number of benzene rings is 1. The van der Waals surface area contributed by atoms with Crippen molar-refractivity contribution in [2.75, 3.05) is 0 Å². The van der Waals surface area contributed by atoms with Gasteiger partial charge in [-0.2, -0.15) is 21.6 Å².